The van der Waals surface area contributed by atoms with Gasteiger partial charge in [0.1, 0.15) is 12.7 Å². The molecule has 404 valence electrons. The molecule has 70 heavy (non-hydrogen) atoms. The second kappa shape index (κ2) is 52.2. The summed E-state index contributed by atoms with van der Waals surface area (Å²) in [6, 6.07) is 0. The lowest BCUT2D eigenvalue weighted by Gasteiger charge is -2.21. The van der Waals surface area contributed by atoms with Crippen LogP contribution in [-0.4, -0.2) is 66.5 Å². The lowest BCUT2D eigenvalue weighted by molar-refractivity contribution is -0.161. The molecule has 0 aliphatic rings. The Morgan fingerprint density at radius 3 is 1.21 bits per heavy atom. The summed E-state index contributed by atoms with van der Waals surface area (Å²) in [6.07, 6.45) is 57.3. The Bertz CT molecular complexity index is 1450. The van der Waals surface area contributed by atoms with Crippen molar-refractivity contribution in [1.82, 2.24) is 0 Å². The molecule has 2 N–H and O–H groups in total. The molecule has 0 radical (unpaired) electrons. The lowest BCUT2D eigenvalue weighted by Crippen LogP contribution is -2.30. The number of ether oxygens (including phenoxy) is 3. The highest BCUT2D eigenvalue weighted by Crippen LogP contribution is 2.43. The molecule has 0 aliphatic heterocycles. The lowest BCUT2D eigenvalue weighted by atomic mass is 10.0. The molecule has 11 nitrogen and oxygen atoms in total. The molecule has 0 spiro atoms. The maximum absolute atomic E-state index is 12.9. The first-order valence-corrected chi connectivity index (χ1v) is 29.3. The van der Waals surface area contributed by atoms with Crippen LogP contribution in [0, 0.1) is 0 Å². The van der Waals surface area contributed by atoms with E-state index in [9.17, 15) is 28.9 Å². The van der Waals surface area contributed by atoms with E-state index in [-0.39, 0.29) is 25.9 Å². The van der Waals surface area contributed by atoms with Crippen LogP contribution in [-0.2, 0) is 42.2 Å². The van der Waals surface area contributed by atoms with Gasteiger partial charge >= 0.3 is 25.7 Å². The molecule has 0 rings (SSSR count). The molecule has 0 aliphatic carbocycles. The van der Waals surface area contributed by atoms with Gasteiger partial charge in [-0.2, -0.15) is 0 Å². The van der Waals surface area contributed by atoms with Gasteiger partial charge in [-0.05, 0) is 83.5 Å². The topological polar surface area (TPSA) is 155 Å². The number of phosphoric acid groups is 1. The zero-order chi connectivity index (χ0) is 51.3. The van der Waals surface area contributed by atoms with E-state index in [1.54, 1.807) is 0 Å². The molecule has 0 heterocycles. The number of carbonyl (C=O) groups is 3. The molecule has 0 bridgehead atoms. The second-order valence-corrected chi connectivity index (χ2v) is 19.8. The van der Waals surface area contributed by atoms with Crippen molar-refractivity contribution in [2.24, 2.45) is 0 Å². The first-order valence-electron chi connectivity index (χ1n) is 27.8. The number of aliphatic hydroxyl groups excluding tert-OH is 1. The summed E-state index contributed by atoms with van der Waals surface area (Å²) in [6.45, 7) is 4.44. The van der Waals surface area contributed by atoms with Crippen molar-refractivity contribution in [3.05, 3.63) is 72.9 Å². The molecule has 3 unspecified atom stereocenters. The number of carbonyl (C=O) groups excluding carboxylic acids is 3. The largest absolute Gasteiger partial charge is 0.472 e. The minimum atomic E-state index is -4.76. The molecular formula is C58H101O11P. The Kier molecular flexibility index (Phi) is 50.0. The van der Waals surface area contributed by atoms with Gasteiger partial charge < -0.3 is 24.2 Å². The number of allylic oxidation sites excluding steroid dienone is 12. The van der Waals surface area contributed by atoms with E-state index < -0.39 is 57.8 Å². The van der Waals surface area contributed by atoms with Gasteiger partial charge in [0.05, 0.1) is 19.8 Å². The summed E-state index contributed by atoms with van der Waals surface area (Å²) in [5.74, 6) is -1.54. The summed E-state index contributed by atoms with van der Waals surface area (Å²) < 4.78 is 39.4. The summed E-state index contributed by atoms with van der Waals surface area (Å²) in [5, 5.41) is 9.79. The summed E-state index contributed by atoms with van der Waals surface area (Å²) in [4.78, 5) is 48.4. The van der Waals surface area contributed by atoms with E-state index in [0.29, 0.717) is 25.7 Å². The van der Waals surface area contributed by atoms with Crippen LogP contribution in [0.1, 0.15) is 239 Å². The van der Waals surface area contributed by atoms with Crippen molar-refractivity contribution in [1.29, 1.82) is 0 Å². The molecule has 0 fully saturated rings. The highest BCUT2D eigenvalue weighted by Gasteiger charge is 2.28. The normalized spacial score (nSPS) is 14.0. The average Bonchev–Trinajstić information content (AvgIpc) is 3.35. The molecule has 0 saturated carbocycles. The Balaban J connectivity index is 4.80. The van der Waals surface area contributed by atoms with Gasteiger partial charge in [0, 0.05) is 19.3 Å². The van der Waals surface area contributed by atoms with E-state index >= 15 is 0 Å². The van der Waals surface area contributed by atoms with Crippen LogP contribution in [0.4, 0.5) is 0 Å². The fourth-order valence-electron chi connectivity index (χ4n) is 7.39. The average molecular weight is 1010 g/mol. The maximum atomic E-state index is 12.9. The number of phosphoric ester groups is 1. The van der Waals surface area contributed by atoms with E-state index in [2.05, 4.69) is 87.6 Å². The van der Waals surface area contributed by atoms with E-state index in [4.69, 9.17) is 23.3 Å². The Labute approximate surface area is 427 Å². The number of hydrogen-bond acceptors (Lipinski definition) is 10. The Morgan fingerprint density at radius 2 is 0.757 bits per heavy atom. The van der Waals surface area contributed by atoms with Gasteiger partial charge in [-0.1, -0.05) is 209 Å². The zero-order valence-electron chi connectivity index (χ0n) is 44.5. The first-order chi connectivity index (χ1) is 34.2. The summed E-state index contributed by atoms with van der Waals surface area (Å²) in [7, 11) is -4.76. The van der Waals surface area contributed by atoms with Crippen molar-refractivity contribution in [2.45, 2.75) is 251 Å². The van der Waals surface area contributed by atoms with Crippen LogP contribution in [0.2, 0.25) is 0 Å². The first kappa shape index (κ1) is 66.9. The van der Waals surface area contributed by atoms with Crippen molar-refractivity contribution in [3.8, 4) is 0 Å². The predicted octanol–water partition coefficient (Wildman–Crippen LogP) is 16.1. The second-order valence-electron chi connectivity index (χ2n) is 18.4. The van der Waals surface area contributed by atoms with Crippen molar-refractivity contribution >= 4 is 25.7 Å². The summed E-state index contributed by atoms with van der Waals surface area (Å²) >= 11 is 0. The SMILES string of the molecule is CC/C=C\C/C=C\C/C=C\C/C=C\C/C=C\CCCC(=O)OCC(COP(=O)(O)OCC(CO)OC(=O)CCCCCCCCCCCCCCC)OC(=O)CCCCCCC/C=C\CCCCCC. The smallest absolute Gasteiger partial charge is 0.462 e. The highest BCUT2D eigenvalue weighted by molar-refractivity contribution is 7.47. The quantitative estimate of drug-likeness (QED) is 0.0197. The van der Waals surface area contributed by atoms with E-state index in [0.717, 1.165) is 89.9 Å². The molecule has 0 saturated heterocycles. The monoisotopic (exact) mass is 1000 g/mol. The predicted molar refractivity (Wildman–Crippen MR) is 288 cm³/mol. The molecule has 0 aromatic rings. The third-order valence-corrected chi connectivity index (χ3v) is 12.6. The van der Waals surface area contributed by atoms with Crippen molar-refractivity contribution in [3.63, 3.8) is 0 Å². The number of aliphatic hydroxyl groups is 1. The third-order valence-electron chi connectivity index (χ3n) is 11.6. The maximum Gasteiger partial charge on any atom is 0.472 e. The third kappa shape index (κ3) is 49.9. The van der Waals surface area contributed by atoms with Gasteiger partial charge in [-0.25, -0.2) is 4.57 Å². The molecular weight excluding hydrogens is 904 g/mol. The van der Waals surface area contributed by atoms with Gasteiger partial charge in [0.25, 0.3) is 0 Å². The Morgan fingerprint density at radius 1 is 0.414 bits per heavy atom. The fraction of sp³-hybridized carbons (Fsp3) is 0.741. The van der Waals surface area contributed by atoms with Crippen LogP contribution in [0.25, 0.3) is 0 Å². The van der Waals surface area contributed by atoms with Crippen molar-refractivity contribution in [2.75, 3.05) is 26.4 Å². The van der Waals surface area contributed by atoms with Gasteiger partial charge in [-0.15, -0.1) is 0 Å². The molecule has 0 aromatic carbocycles. The van der Waals surface area contributed by atoms with Crippen molar-refractivity contribution < 1.29 is 52.2 Å². The number of rotatable bonds is 51. The summed E-state index contributed by atoms with van der Waals surface area (Å²) in [5.41, 5.74) is 0. The molecule has 0 amide bonds. The number of hydrogen-bond donors (Lipinski definition) is 2. The van der Waals surface area contributed by atoms with Crippen LogP contribution in [0.3, 0.4) is 0 Å². The Hall–Kier alpha value is -3.08. The minimum absolute atomic E-state index is 0.144. The van der Waals surface area contributed by atoms with E-state index in [1.807, 2.05) is 6.08 Å². The molecule has 3 atom stereocenters. The van der Waals surface area contributed by atoms with Crippen LogP contribution in [0.5, 0.6) is 0 Å². The zero-order valence-corrected chi connectivity index (χ0v) is 45.4. The standard InChI is InChI=1S/C58H101O11P/c1-4-7-10-13-16-19-22-25-26-27-28-31-32-35-38-41-44-47-56(60)65-51-55(69-58(62)49-46-43-40-37-34-30-24-21-18-15-12-9-6-3)53-67-70(63,64)66-52-54(50-59)68-57(61)48-45-42-39-36-33-29-23-20-17-14-11-8-5-2/h7,10,16,19,21,24-26,28,31,35,38,54-55,59H,4-6,8-9,11-15,17-18,20,22-23,27,29-30,32-34,36-37,39-53H2,1-3H3,(H,63,64)/b10-7-,19-16-,24-21-,26-25-,31-28-,38-35-. The van der Waals surface area contributed by atoms with Crippen LogP contribution >= 0.6 is 7.82 Å². The number of unbranched alkanes of at least 4 members (excludes halogenated alkanes) is 22. The van der Waals surface area contributed by atoms with Crippen LogP contribution < -0.4 is 0 Å². The fourth-order valence-corrected chi connectivity index (χ4v) is 8.17. The van der Waals surface area contributed by atoms with Gasteiger partial charge in [-0.3, -0.25) is 23.4 Å². The molecule has 12 heteroatoms. The van der Waals surface area contributed by atoms with E-state index in [1.165, 1.54) is 83.5 Å². The van der Waals surface area contributed by atoms with Gasteiger partial charge in [0.15, 0.2) is 6.10 Å². The minimum Gasteiger partial charge on any atom is -0.462 e. The molecule has 0 aromatic heterocycles. The highest BCUT2D eigenvalue weighted by atomic mass is 31.2. The number of esters is 3. The van der Waals surface area contributed by atoms with Gasteiger partial charge in [0.2, 0.25) is 0 Å². The van der Waals surface area contributed by atoms with Crippen LogP contribution in [0.15, 0.2) is 72.9 Å².